The molecule has 0 radical (unpaired) electrons. The van der Waals surface area contributed by atoms with Crippen LogP contribution in [-0.4, -0.2) is 9.55 Å². The van der Waals surface area contributed by atoms with E-state index in [1.807, 2.05) is 0 Å². The van der Waals surface area contributed by atoms with Crippen LogP contribution in [0.5, 0.6) is 0 Å². The zero-order chi connectivity index (χ0) is 15.8. The Hall–Kier alpha value is -2.89. The van der Waals surface area contributed by atoms with Gasteiger partial charge < -0.3 is 4.98 Å². The third-order valence-electron chi connectivity index (χ3n) is 2.57. The first-order valence-corrected chi connectivity index (χ1v) is 5.37. The zero-order valence-corrected chi connectivity index (χ0v) is 10.0. The van der Waals surface area contributed by atoms with E-state index in [1.54, 1.807) is 0 Å². The van der Waals surface area contributed by atoms with Crippen LogP contribution in [0.25, 0.3) is 5.69 Å². The highest BCUT2D eigenvalue weighted by molar-refractivity contribution is 5.40. The van der Waals surface area contributed by atoms with E-state index in [0.29, 0.717) is 10.6 Å². The van der Waals surface area contributed by atoms with Gasteiger partial charge in [0.15, 0.2) is 0 Å². The summed E-state index contributed by atoms with van der Waals surface area (Å²) < 4.78 is 51.1. The molecule has 1 aromatic carbocycles. The van der Waals surface area contributed by atoms with E-state index in [9.17, 15) is 27.2 Å². The molecule has 0 fully saturated rings. The molecule has 21 heavy (non-hydrogen) atoms. The van der Waals surface area contributed by atoms with E-state index in [0.717, 1.165) is 12.1 Å². The van der Waals surface area contributed by atoms with Crippen molar-refractivity contribution < 1.29 is 17.6 Å². The Morgan fingerprint density at radius 2 is 1.86 bits per heavy atom. The standard InChI is InChI=1S/C12H5F4N3O2/c13-8-3-7(2-1-6(8)5-17)19-10(20)4-9(12(14,15)16)18-11(19)21/h1-4H,(H,18,21). The molecule has 0 aliphatic carbocycles. The lowest BCUT2D eigenvalue weighted by molar-refractivity contribution is -0.141. The first-order chi connectivity index (χ1) is 9.74. The minimum atomic E-state index is -4.88. The second kappa shape index (κ2) is 4.90. The molecule has 0 saturated heterocycles. The number of alkyl halides is 3. The van der Waals surface area contributed by atoms with Gasteiger partial charge in [0.2, 0.25) is 0 Å². The molecule has 9 heteroatoms. The average molecular weight is 299 g/mol. The van der Waals surface area contributed by atoms with Crippen molar-refractivity contribution in [3.05, 3.63) is 62.2 Å². The van der Waals surface area contributed by atoms with Gasteiger partial charge in [0.05, 0.1) is 11.3 Å². The van der Waals surface area contributed by atoms with E-state index >= 15 is 0 Å². The molecule has 1 N–H and O–H groups in total. The summed E-state index contributed by atoms with van der Waals surface area (Å²) in [5.74, 6) is -0.999. The van der Waals surface area contributed by atoms with E-state index in [4.69, 9.17) is 5.26 Å². The van der Waals surface area contributed by atoms with Gasteiger partial charge in [-0.25, -0.2) is 13.8 Å². The fourth-order valence-electron chi connectivity index (χ4n) is 1.63. The Morgan fingerprint density at radius 3 is 2.33 bits per heavy atom. The number of aromatic nitrogens is 2. The predicted octanol–water partition coefficient (Wildman–Crippen LogP) is 1.56. The molecule has 2 aromatic rings. The van der Waals surface area contributed by atoms with Crippen LogP contribution >= 0.6 is 0 Å². The number of hydrogen-bond donors (Lipinski definition) is 1. The summed E-state index contributed by atoms with van der Waals surface area (Å²) in [6.45, 7) is 0. The number of hydrogen-bond acceptors (Lipinski definition) is 3. The first kappa shape index (κ1) is 14.5. The Morgan fingerprint density at radius 1 is 1.19 bits per heavy atom. The summed E-state index contributed by atoms with van der Waals surface area (Å²) in [6.07, 6.45) is -4.88. The van der Waals surface area contributed by atoms with Gasteiger partial charge in [0.1, 0.15) is 17.6 Å². The molecule has 0 saturated carbocycles. The largest absolute Gasteiger partial charge is 0.431 e. The summed E-state index contributed by atoms with van der Waals surface area (Å²) in [7, 11) is 0. The molecule has 2 rings (SSSR count). The highest BCUT2D eigenvalue weighted by Gasteiger charge is 2.33. The molecule has 0 unspecified atom stereocenters. The summed E-state index contributed by atoms with van der Waals surface area (Å²) in [4.78, 5) is 24.7. The van der Waals surface area contributed by atoms with Gasteiger partial charge in [-0.2, -0.15) is 18.4 Å². The highest BCUT2D eigenvalue weighted by Crippen LogP contribution is 2.25. The van der Waals surface area contributed by atoms with Crippen LogP contribution in [0.3, 0.4) is 0 Å². The van der Waals surface area contributed by atoms with Gasteiger partial charge in [0.25, 0.3) is 5.56 Å². The van der Waals surface area contributed by atoms with Gasteiger partial charge in [0, 0.05) is 6.07 Å². The summed E-state index contributed by atoms with van der Waals surface area (Å²) in [6, 6.07) is 4.52. The van der Waals surface area contributed by atoms with Crippen LogP contribution in [0.2, 0.25) is 0 Å². The molecular weight excluding hydrogens is 294 g/mol. The van der Waals surface area contributed by atoms with Crippen molar-refractivity contribution in [2.24, 2.45) is 0 Å². The fraction of sp³-hybridized carbons (Fsp3) is 0.0833. The third kappa shape index (κ3) is 2.69. The molecular formula is C12H5F4N3O2. The number of rotatable bonds is 1. The van der Waals surface area contributed by atoms with Gasteiger partial charge >= 0.3 is 11.9 Å². The maximum Gasteiger partial charge on any atom is 0.431 e. The van der Waals surface area contributed by atoms with Crippen LogP contribution in [0.15, 0.2) is 33.9 Å². The quantitative estimate of drug-likeness (QED) is 0.812. The monoisotopic (exact) mass is 299 g/mol. The molecule has 0 bridgehead atoms. The van der Waals surface area contributed by atoms with Crippen molar-refractivity contribution in [2.45, 2.75) is 6.18 Å². The third-order valence-corrected chi connectivity index (χ3v) is 2.57. The van der Waals surface area contributed by atoms with E-state index in [-0.39, 0.29) is 17.3 Å². The van der Waals surface area contributed by atoms with Crippen LogP contribution in [0.4, 0.5) is 17.6 Å². The highest BCUT2D eigenvalue weighted by atomic mass is 19.4. The Kier molecular flexibility index (Phi) is 3.39. The van der Waals surface area contributed by atoms with Crippen molar-refractivity contribution >= 4 is 0 Å². The van der Waals surface area contributed by atoms with Crippen molar-refractivity contribution in [2.75, 3.05) is 0 Å². The normalized spacial score (nSPS) is 11.2. The van der Waals surface area contributed by atoms with Crippen LogP contribution < -0.4 is 11.2 Å². The molecule has 5 nitrogen and oxygen atoms in total. The summed E-state index contributed by atoms with van der Waals surface area (Å²) in [5, 5.41) is 8.56. The average Bonchev–Trinajstić information content (AvgIpc) is 2.37. The lowest BCUT2D eigenvalue weighted by Crippen LogP contribution is -2.35. The molecule has 0 amide bonds. The number of halogens is 4. The van der Waals surface area contributed by atoms with Crippen molar-refractivity contribution in [3.63, 3.8) is 0 Å². The van der Waals surface area contributed by atoms with Crippen LogP contribution in [0.1, 0.15) is 11.3 Å². The lowest BCUT2D eigenvalue weighted by Gasteiger charge is -2.09. The minimum absolute atomic E-state index is 0.192. The minimum Gasteiger partial charge on any atom is -0.303 e. The van der Waals surface area contributed by atoms with Gasteiger partial charge in [-0.05, 0) is 18.2 Å². The smallest absolute Gasteiger partial charge is 0.303 e. The molecule has 1 aromatic heterocycles. The topological polar surface area (TPSA) is 78.7 Å². The lowest BCUT2D eigenvalue weighted by atomic mass is 10.2. The summed E-state index contributed by atoms with van der Waals surface area (Å²) >= 11 is 0. The maximum absolute atomic E-state index is 13.4. The van der Waals surface area contributed by atoms with E-state index in [1.165, 1.54) is 11.1 Å². The second-order valence-corrected chi connectivity index (χ2v) is 3.94. The maximum atomic E-state index is 13.4. The molecule has 0 aliphatic heterocycles. The number of H-pyrrole nitrogens is 1. The first-order valence-electron chi connectivity index (χ1n) is 5.37. The number of benzene rings is 1. The zero-order valence-electron chi connectivity index (χ0n) is 10.0. The molecule has 108 valence electrons. The van der Waals surface area contributed by atoms with Crippen molar-refractivity contribution in [3.8, 4) is 11.8 Å². The number of nitrogens with zero attached hydrogens (tertiary/aromatic N) is 2. The predicted molar refractivity (Wildman–Crippen MR) is 62.3 cm³/mol. The number of nitrogens with one attached hydrogen (secondary N) is 1. The van der Waals surface area contributed by atoms with E-state index in [2.05, 4.69) is 0 Å². The van der Waals surface area contributed by atoms with Crippen molar-refractivity contribution in [1.29, 1.82) is 5.26 Å². The second-order valence-electron chi connectivity index (χ2n) is 3.94. The van der Waals surface area contributed by atoms with Gasteiger partial charge in [-0.15, -0.1) is 0 Å². The Labute approximate surface area is 113 Å². The SMILES string of the molecule is N#Cc1ccc(-n2c(=O)cc(C(F)(F)F)[nH]c2=O)cc1F. The van der Waals surface area contributed by atoms with E-state index < -0.39 is 28.9 Å². The summed E-state index contributed by atoms with van der Waals surface area (Å²) in [5.41, 5.74) is -4.74. The Balaban J connectivity index is 2.67. The molecule has 1 heterocycles. The van der Waals surface area contributed by atoms with Crippen LogP contribution in [-0.2, 0) is 6.18 Å². The fourth-order valence-corrected chi connectivity index (χ4v) is 1.63. The van der Waals surface area contributed by atoms with Crippen molar-refractivity contribution in [1.82, 2.24) is 9.55 Å². The molecule has 0 aliphatic rings. The molecule has 0 atom stereocenters. The number of nitriles is 1. The van der Waals surface area contributed by atoms with Crippen LogP contribution in [0, 0.1) is 17.1 Å². The Bertz CT molecular complexity index is 827. The molecule has 0 spiro atoms. The number of aromatic amines is 1. The van der Waals surface area contributed by atoms with Gasteiger partial charge in [-0.3, -0.25) is 4.79 Å². The van der Waals surface area contributed by atoms with Gasteiger partial charge in [-0.1, -0.05) is 0 Å².